The van der Waals surface area contributed by atoms with Crippen molar-refractivity contribution in [3.63, 3.8) is 0 Å². The first kappa shape index (κ1) is 13.7. The van der Waals surface area contributed by atoms with Crippen molar-refractivity contribution in [1.29, 1.82) is 0 Å². The summed E-state index contributed by atoms with van der Waals surface area (Å²) in [6.45, 7) is 3.77. The number of nitrogens with zero attached hydrogens (tertiary/aromatic N) is 1. The number of fused-ring (bicyclic) bond motifs is 1. The zero-order chi connectivity index (χ0) is 15.0. The summed E-state index contributed by atoms with van der Waals surface area (Å²) in [4.78, 5) is 27.9. The van der Waals surface area contributed by atoms with E-state index in [1.165, 1.54) is 11.3 Å². The fourth-order valence-electron chi connectivity index (χ4n) is 2.36. The van der Waals surface area contributed by atoms with Crippen LogP contribution in [0.15, 0.2) is 56.9 Å². The Hall–Kier alpha value is -2.27. The van der Waals surface area contributed by atoms with Crippen LogP contribution in [0.5, 0.6) is 0 Å². The van der Waals surface area contributed by atoms with Gasteiger partial charge in [-0.3, -0.25) is 9.59 Å². The van der Waals surface area contributed by atoms with Crippen molar-refractivity contribution in [2.24, 2.45) is 10.9 Å². The number of aliphatic imine (C=N–C) groups is 1. The third kappa shape index (κ3) is 2.52. The van der Waals surface area contributed by atoms with Crippen molar-refractivity contribution in [3.8, 4) is 0 Å². The molecule has 21 heavy (non-hydrogen) atoms. The molecule has 1 aromatic heterocycles. The topological polar surface area (TPSA) is 58.5 Å². The van der Waals surface area contributed by atoms with Gasteiger partial charge in [0.25, 0.3) is 11.8 Å². The molecule has 3 rings (SSSR count). The molecule has 2 aliphatic rings. The van der Waals surface area contributed by atoms with Crippen LogP contribution in [0.25, 0.3) is 0 Å². The van der Waals surface area contributed by atoms with Gasteiger partial charge in [0, 0.05) is 22.6 Å². The molecule has 0 spiro atoms. The number of nitrogens with one attached hydrogen (secondary N) is 1. The van der Waals surface area contributed by atoms with Crippen LogP contribution >= 0.6 is 11.3 Å². The zero-order valence-electron chi connectivity index (χ0n) is 11.7. The normalized spacial score (nSPS) is 23.0. The van der Waals surface area contributed by atoms with Crippen LogP contribution < -0.4 is 5.32 Å². The molecule has 1 aromatic rings. The lowest BCUT2D eigenvalue weighted by molar-refractivity contribution is -0.117. The SMILES string of the molecule is CC1=C(C)C2C=CC(=NC(=O)c3ccsc3)C=C2NC1=O. The Morgan fingerprint density at radius 1 is 1.38 bits per heavy atom. The maximum Gasteiger partial charge on any atom is 0.278 e. The van der Waals surface area contributed by atoms with Crippen molar-refractivity contribution < 1.29 is 9.59 Å². The van der Waals surface area contributed by atoms with E-state index in [0.29, 0.717) is 11.3 Å². The molecule has 1 aliphatic carbocycles. The lowest BCUT2D eigenvalue weighted by atomic mass is 9.85. The van der Waals surface area contributed by atoms with Gasteiger partial charge in [-0.1, -0.05) is 11.6 Å². The van der Waals surface area contributed by atoms with Gasteiger partial charge in [0.1, 0.15) is 0 Å². The summed E-state index contributed by atoms with van der Waals surface area (Å²) in [6.07, 6.45) is 5.56. The van der Waals surface area contributed by atoms with Gasteiger partial charge in [-0.05, 0) is 37.4 Å². The maximum atomic E-state index is 12.0. The standard InChI is InChI=1S/C16H14N2O2S/c1-9-10(2)15(19)18-14-7-12(3-4-13(9)14)17-16(20)11-5-6-21-8-11/h3-8,13H,1-2H3,(H,18,19). The Bertz CT molecular complexity index is 736. The Labute approximate surface area is 126 Å². The van der Waals surface area contributed by atoms with Gasteiger partial charge in [0.2, 0.25) is 0 Å². The highest BCUT2D eigenvalue weighted by Gasteiger charge is 2.27. The summed E-state index contributed by atoms with van der Waals surface area (Å²) >= 11 is 1.46. The predicted molar refractivity (Wildman–Crippen MR) is 83.3 cm³/mol. The van der Waals surface area contributed by atoms with E-state index in [2.05, 4.69) is 10.3 Å². The van der Waals surface area contributed by atoms with E-state index in [0.717, 1.165) is 16.8 Å². The molecule has 106 valence electrons. The van der Waals surface area contributed by atoms with Gasteiger partial charge in [0.05, 0.1) is 11.3 Å². The summed E-state index contributed by atoms with van der Waals surface area (Å²) in [7, 11) is 0. The highest BCUT2D eigenvalue weighted by molar-refractivity contribution is 7.08. The van der Waals surface area contributed by atoms with Crippen LogP contribution in [0.2, 0.25) is 0 Å². The molecule has 0 radical (unpaired) electrons. The van der Waals surface area contributed by atoms with Gasteiger partial charge < -0.3 is 5.32 Å². The van der Waals surface area contributed by atoms with Gasteiger partial charge in [-0.2, -0.15) is 11.3 Å². The lowest BCUT2D eigenvalue weighted by Crippen LogP contribution is -2.35. The minimum atomic E-state index is -0.267. The number of allylic oxidation sites excluding steroid dienone is 3. The molecule has 0 aromatic carbocycles. The van der Waals surface area contributed by atoms with Gasteiger partial charge >= 0.3 is 0 Å². The minimum Gasteiger partial charge on any atom is -0.325 e. The van der Waals surface area contributed by atoms with E-state index in [-0.39, 0.29) is 17.7 Å². The van der Waals surface area contributed by atoms with E-state index in [9.17, 15) is 9.59 Å². The molecule has 0 bridgehead atoms. The average molecular weight is 298 g/mol. The molecule has 1 aliphatic heterocycles. The smallest absolute Gasteiger partial charge is 0.278 e. The molecular weight excluding hydrogens is 284 g/mol. The summed E-state index contributed by atoms with van der Waals surface area (Å²) in [6, 6.07) is 1.75. The summed E-state index contributed by atoms with van der Waals surface area (Å²) in [5.41, 5.74) is 3.70. The van der Waals surface area contributed by atoms with E-state index >= 15 is 0 Å². The number of thiophene rings is 1. The Morgan fingerprint density at radius 2 is 2.19 bits per heavy atom. The molecule has 1 N–H and O–H groups in total. The Balaban J connectivity index is 1.90. The second-order valence-corrected chi connectivity index (χ2v) is 5.83. The van der Waals surface area contributed by atoms with Gasteiger partial charge in [-0.15, -0.1) is 0 Å². The van der Waals surface area contributed by atoms with E-state index in [4.69, 9.17) is 0 Å². The largest absolute Gasteiger partial charge is 0.325 e. The lowest BCUT2D eigenvalue weighted by Gasteiger charge is -2.28. The second-order valence-electron chi connectivity index (χ2n) is 5.05. The van der Waals surface area contributed by atoms with Crippen LogP contribution in [0.3, 0.4) is 0 Å². The minimum absolute atomic E-state index is 0.0675. The number of hydrogen-bond donors (Lipinski definition) is 1. The predicted octanol–water partition coefficient (Wildman–Crippen LogP) is 2.87. The number of carbonyl (C=O) groups is 2. The molecule has 0 saturated heterocycles. The van der Waals surface area contributed by atoms with Crippen LogP contribution in [0, 0.1) is 5.92 Å². The number of carbonyl (C=O) groups excluding carboxylic acids is 2. The Morgan fingerprint density at radius 3 is 2.90 bits per heavy atom. The van der Waals surface area contributed by atoms with Crippen molar-refractivity contribution in [3.05, 3.63) is 57.5 Å². The first-order chi connectivity index (χ1) is 10.1. The zero-order valence-corrected chi connectivity index (χ0v) is 12.5. The molecule has 5 heteroatoms. The van der Waals surface area contributed by atoms with Crippen molar-refractivity contribution in [2.45, 2.75) is 13.8 Å². The number of rotatable bonds is 1. The molecule has 0 saturated carbocycles. The van der Waals surface area contributed by atoms with Crippen molar-refractivity contribution in [2.75, 3.05) is 0 Å². The first-order valence-corrected chi connectivity index (χ1v) is 7.54. The quantitative estimate of drug-likeness (QED) is 0.866. The van der Waals surface area contributed by atoms with E-state index < -0.39 is 0 Å². The third-order valence-electron chi connectivity index (χ3n) is 3.75. The summed E-state index contributed by atoms with van der Waals surface area (Å²) < 4.78 is 0. The first-order valence-electron chi connectivity index (χ1n) is 6.60. The molecule has 1 atom stereocenters. The third-order valence-corrected chi connectivity index (χ3v) is 4.44. The van der Waals surface area contributed by atoms with Crippen molar-refractivity contribution in [1.82, 2.24) is 5.32 Å². The molecule has 1 unspecified atom stereocenters. The van der Waals surface area contributed by atoms with Crippen LogP contribution in [0.1, 0.15) is 24.2 Å². The molecule has 0 fully saturated rings. The molecule has 4 nitrogen and oxygen atoms in total. The van der Waals surface area contributed by atoms with Crippen molar-refractivity contribution >= 4 is 28.9 Å². The fourth-order valence-corrected chi connectivity index (χ4v) is 2.99. The summed E-state index contributed by atoms with van der Waals surface area (Å²) in [5, 5.41) is 6.47. The number of hydrogen-bond acceptors (Lipinski definition) is 3. The molecule has 2 amide bonds. The van der Waals surface area contributed by atoms with Crippen LogP contribution in [-0.4, -0.2) is 17.5 Å². The average Bonchev–Trinajstić information content (AvgIpc) is 2.99. The highest BCUT2D eigenvalue weighted by atomic mass is 32.1. The Kier molecular flexibility index (Phi) is 3.43. The maximum absolute atomic E-state index is 12.0. The van der Waals surface area contributed by atoms with E-state index in [1.54, 1.807) is 17.5 Å². The van der Waals surface area contributed by atoms with Crippen LogP contribution in [0.4, 0.5) is 0 Å². The fraction of sp³-hybridized carbons (Fsp3) is 0.188. The second kappa shape index (κ2) is 5.26. The molecule has 2 heterocycles. The van der Waals surface area contributed by atoms with Crippen LogP contribution in [-0.2, 0) is 4.79 Å². The summed E-state index contributed by atoms with van der Waals surface area (Å²) in [5.74, 6) is -0.288. The monoisotopic (exact) mass is 298 g/mol. The van der Waals surface area contributed by atoms with Gasteiger partial charge in [0.15, 0.2) is 0 Å². The van der Waals surface area contributed by atoms with E-state index in [1.807, 2.05) is 31.4 Å². The molecular formula is C16H14N2O2S. The van der Waals surface area contributed by atoms with Gasteiger partial charge in [-0.25, -0.2) is 4.99 Å². The highest BCUT2D eigenvalue weighted by Crippen LogP contribution is 2.29. The number of amides is 2.